The third-order valence-corrected chi connectivity index (χ3v) is 5.25. The zero-order valence-corrected chi connectivity index (χ0v) is 13.0. The highest BCUT2D eigenvalue weighted by Gasteiger charge is 2.36. The highest BCUT2D eigenvalue weighted by molar-refractivity contribution is 9.10. The number of benzene rings is 1. The Kier molecular flexibility index (Phi) is 3.36. The first kappa shape index (κ1) is 12.9. The Morgan fingerprint density at radius 1 is 1.25 bits per heavy atom. The van der Waals surface area contributed by atoms with Gasteiger partial charge in [-0.1, -0.05) is 0 Å². The molecule has 2 saturated heterocycles. The molecular formula is C15H19BrN2O2. The van der Waals surface area contributed by atoms with Crippen LogP contribution < -0.4 is 14.8 Å². The van der Waals surface area contributed by atoms with Gasteiger partial charge in [-0.15, -0.1) is 0 Å². The molecule has 0 amide bonds. The third-order valence-electron chi connectivity index (χ3n) is 4.66. The van der Waals surface area contributed by atoms with Crippen molar-refractivity contribution in [2.75, 3.05) is 19.9 Å². The molecule has 3 heterocycles. The van der Waals surface area contributed by atoms with E-state index in [1.54, 1.807) is 0 Å². The van der Waals surface area contributed by atoms with Gasteiger partial charge in [0.25, 0.3) is 0 Å². The summed E-state index contributed by atoms with van der Waals surface area (Å²) in [4.78, 5) is 2.63. The molecule has 4 nitrogen and oxygen atoms in total. The second-order valence-electron chi connectivity index (χ2n) is 5.83. The van der Waals surface area contributed by atoms with E-state index in [0.717, 1.165) is 28.6 Å². The van der Waals surface area contributed by atoms with Crippen LogP contribution >= 0.6 is 15.9 Å². The van der Waals surface area contributed by atoms with Crippen LogP contribution in [0.25, 0.3) is 0 Å². The van der Waals surface area contributed by atoms with Gasteiger partial charge >= 0.3 is 0 Å². The Labute approximate surface area is 127 Å². The molecule has 0 bridgehead atoms. The Morgan fingerprint density at radius 2 is 2.20 bits per heavy atom. The van der Waals surface area contributed by atoms with Gasteiger partial charge in [-0.25, -0.2) is 0 Å². The van der Waals surface area contributed by atoms with Gasteiger partial charge in [0.15, 0.2) is 11.5 Å². The third kappa shape index (κ3) is 2.22. The van der Waals surface area contributed by atoms with Gasteiger partial charge in [0, 0.05) is 25.2 Å². The van der Waals surface area contributed by atoms with E-state index in [1.807, 2.05) is 0 Å². The van der Waals surface area contributed by atoms with Crippen molar-refractivity contribution in [2.45, 2.75) is 37.9 Å². The smallest absolute Gasteiger partial charge is 0.231 e. The van der Waals surface area contributed by atoms with Gasteiger partial charge < -0.3 is 14.8 Å². The molecular weight excluding hydrogens is 320 g/mol. The van der Waals surface area contributed by atoms with Crippen LogP contribution in [0.3, 0.4) is 0 Å². The molecule has 0 spiro atoms. The monoisotopic (exact) mass is 338 g/mol. The SMILES string of the molecule is Brc1cc(CNC2CCN3CCCC23)cc2c1OCO2. The number of hydrogen-bond acceptors (Lipinski definition) is 4. The van der Waals surface area contributed by atoms with E-state index in [0.29, 0.717) is 12.8 Å². The van der Waals surface area contributed by atoms with Crippen LogP contribution in [0.15, 0.2) is 16.6 Å². The zero-order chi connectivity index (χ0) is 13.5. The summed E-state index contributed by atoms with van der Waals surface area (Å²) in [5.74, 6) is 1.68. The molecule has 0 saturated carbocycles. The van der Waals surface area contributed by atoms with Gasteiger partial charge in [0.05, 0.1) is 4.47 Å². The van der Waals surface area contributed by atoms with Crippen molar-refractivity contribution in [2.24, 2.45) is 0 Å². The van der Waals surface area contributed by atoms with E-state index in [2.05, 4.69) is 38.3 Å². The summed E-state index contributed by atoms with van der Waals surface area (Å²) < 4.78 is 11.9. The van der Waals surface area contributed by atoms with Gasteiger partial charge in [-0.05, 0) is 59.4 Å². The molecule has 0 aromatic heterocycles. The van der Waals surface area contributed by atoms with E-state index in [4.69, 9.17) is 9.47 Å². The normalized spacial score (nSPS) is 28.1. The lowest BCUT2D eigenvalue weighted by atomic mass is 10.1. The number of nitrogens with zero attached hydrogens (tertiary/aromatic N) is 1. The lowest BCUT2D eigenvalue weighted by Gasteiger charge is -2.21. The van der Waals surface area contributed by atoms with Crippen LogP contribution in [0.4, 0.5) is 0 Å². The van der Waals surface area contributed by atoms with Gasteiger partial charge in [0.2, 0.25) is 6.79 Å². The number of nitrogens with one attached hydrogen (secondary N) is 1. The average Bonchev–Trinajstić information content (AvgIpc) is 3.13. The molecule has 108 valence electrons. The van der Waals surface area contributed by atoms with Crippen LogP contribution in [0, 0.1) is 0 Å². The van der Waals surface area contributed by atoms with E-state index in [-0.39, 0.29) is 0 Å². The summed E-state index contributed by atoms with van der Waals surface area (Å²) in [5.41, 5.74) is 1.25. The Morgan fingerprint density at radius 3 is 3.15 bits per heavy atom. The molecule has 2 unspecified atom stereocenters. The minimum Gasteiger partial charge on any atom is -0.454 e. The largest absolute Gasteiger partial charge is 0.454 e. The quantitative estimate of drug-likeness (QED) is 0.918. The maximum Gasteiger partial charge on any atom is 0.231 e. The summed E-state index contributed by atoms with van der Waals surface area (Å²) in [6.07, 6.45) is 3.98. The summed E-state index contributed by atoms with van der Waals surface area (Å²) in [7, 11) is 0. The first-order valence-electron chi connectivity index (χ1n) is 7.37. The Balaban J connectivity index is 1.43. The highest BCUT2D eigenvalue weighted by atomic mass is 79.9. The van der Waals surface area contributed by atoms with Crippen LogP contribution in [-0.4, -0.2) is 36.9 Å². The maximum atomic E-state index is 5.47. The predicted octanol–water partition coefficient (Wildman–Crippen LogP) is 2.50. The first-order valence-corrected chi connectivity index (χ1v) is 8.16. The maximum absolute atomic E-state index is 5.47. The molecule has 2 atom stereocenters. The van der Waals surface area contributed by atoms with Crippen LogP contribution in [0.1, 0.15) is 24.8 Å². The molecule has 0 aliphatic carbocycles. The van der Waals surface area contributed by atoms with Crippen LogP contribution in [0.2, 0.25) is 0 Å². The van der Waals surface area contributed by atoms with Crippen molar-refractivity contribution < 1.29 is 9.47 Å². The van der Waals surface area contributed by atoms with Gasteiger partial charge in [-0.3, -0.25) is 4.90 Å². The second kappa shape index (κ2) is 5.20. The summed E-state index contributed by atoms with van der Waals surface area (Å²) >= 11 is 3.56. The predicted molar refractivity (Wildman–Crippen MR) is 80.1 cm³/mol. The zero-order valence-electron chi connectivity index (χ0n) is 11.4. The van der Waals surface area contributed by atoms with E-state index in [1.165, 1.54) is 37.9 Å². The molecule has 1 aromatic carbocycles. The first-order chi connectivity index (χ1) is 9.81. The molecule has 1 N–H and O–H groups in total. The number of rotatable bonds is 3. The van der Waals surface area contributed by atoms with E-state index < -0.39 is 0 Å². The van der Waals surface area contributed by atoms with Crippen molar-refractivity contribution >= 4 is 15.9 Å². The lowest BCUT2D eigenvalue weighted by Crippen LogP contribution is -2.38. The van der Waals surface area contributed by atoms with Crippen molar-refractivity contribution in [3.8, 4) is 11.5 Å². The molecule has 20 heavy (non-hydrogen) atoms. The fourth-order valence-electron chi connectivity index (χ4n) is 3.69. The second-order valence-corrected chi connectivity index (χ2v) is 6.69. The van der Waals surface area contributed by atoms with Gasteiger partial charge in [0.1, 0.15) is 0 Å². The summed E-state index contributed by atoms with van der Waals surface area (Å²) in [6, 6.07) is 5.61. The number of fused-ring (bicyclic) bond motifs is 2. The summed E-state index contributed by atoms with van der Waals surface area (Å²) in [5, 5.41) is 3.73. The highest BCUT2D eigenvalue weighted by Crippen LogP contribution is 2.40. The molecule has 3 aliphatic rings. The molecule has 0 radical (unpaired) electrons. The summed E-state index contributed by atoms with van der Waals surface area (Å²) in [6.45, 7) is 3.76. The topological polar surface area (TPSA) is 33.7 Å². The minimum absolute atomic E-state index is 0.324. The van der Waals surface area contributed by atoms with Crippen molar-refractivity contribution in [3.05, 3.63) is 22.2 Å². The Hall–Kier alpha value is -0.780. The average molecular weight is 339 g/mol. The van der Waals surface area contributed by atoms with Crippen LogP contribution in [-0.2, 0) is 6.54 Å². The molecule has 1 aromatic rings. The fourth-order valence-corrected chi connectivity index (χ4v) is 4.30. The number of hydrogen-bond donors (Lipinski definition) is 1. The molecule has 2 fully saturated rings. The fraction of sp³-hybridized carbons (Fsp3) is 0.600. The van der Waals surface area contributed by atoms with E-state index >= 15 is 0 Å². The Bertz CT molecular complexity index is 523. The van der Waals surface area contributed by atoms with Gasteiger partial charge in [-0.2, -0.15) is 0 Å². The number of ether oxygens (including phenoxy) is 2. The molecule has 3 aliphatic heterocycles. The lowest BCUT2D eigenvalue weighted by molar-refractivity contribution is 0.173. The molecule has 5 heteroatoms. The molecule has 4 rings (SSSR count). The van der Waals surface area contributed by atoms with Crippen molar-refractivity contribution in [1.29, 1.82) is 0 Å². The van der Waals surface area contributed by atoms with E-state index in [9.17, 15) is 0 Å². The minimum atomic E-state index is 0.324. The van der Waals surface area contributed by atoms with Crippen molar-refractivity contribution in [1.82, 2.24) is 10.2 Å². The number of halogens is 1. The standard InChI is InChI=1S/C15H19BrN2O2/c16-11-6-10(7-14-15(11)20-9-19-14)8-17-12-3-5-18-4-1-2-13(12)18/h6-7,12-13,17H,1-5,8-9H2. The van der Waals surface area contributed by atoms with Crippen LogP contribution in [0.5, 0.6) is 11.5 Å². The van der Waals surface area contributed by atoms with Crippen molar-refractivity contribution in [3.63, 3.8) is 0 Å².